The lowest BCUT2D eigenvalue weighted by Gasteiger charge is -2.35. The van der Waals surface area contributed by atoms with Crippen LogP contribution in [0.2, 0.25) is 10.0 Å². The molecule has 39 heavy (non-hydrogen) atoms. The number of hydrogen-bond donors (Lipinski definition) is 1. The summed E-state index contributed by atoms with van der Waals surface area (Å²) in [6, 6.07) is 13.9. The number of hydrogen-bond acceptors (Lipinski definition) is 6. The van der Waals surface area contributed by atoms with Gasteiger partial charge in [0.15, 0.2) is 11.3 Å². The third kappa shape index (κ3) is 4.74. The Morgan fingerprint density at radius 3 is 2.31 bits per heavy atom. The van der Waals surface area contributed by atoms with Crippen LogP contribution in [0, 0.1) is 0 Å². The normalized spacial score (nSPS) is 16.6. The number of piperidine rings is 1. The summed E-state index contributed by atoms with van der Waals surface area (Å²) in [6.45, 7) is 2.22. The Kier molecular flexibility index (Phi) is 7.09. The fourth-order valence-electron chi connectivity index (χ4n) is 5.07. The first-order valence-electron chi connectivity index (χ1n) is 12.4. The lowest BCUT2D eigenvalue weighted by Crippen LogP contribution is -2.51. The number of carbonyl (C=O) groups is 4. The fraction of sp³-hybridized carbons (Fsp3) is 0.296. The Morgan fingerprint density at radius 1 is 1.05 bits per heavy atom. The fourth-order valence-corrected chi connectivity index (χ4v) is 5.41. The highest BCUT2D eigenvalue weighted by Gasteiger charge is 2.55. The largest absolute Gasteiger partial charge is 0.432 e. The minimum absolute atomic E-state index is 0.0412. The van der Waals surface area contributed by atoms with Crippen LogP contribution >= 0.6 is 23.2 Å². The minimum Gasteiger partial charge on any atom is -0.432 e. The lowest BCUT2D eigenvalue weighted by molar-refractivity contribution is -0.139. The van der Waals surface area contributed by atoms with Crippen LogP contribution in [0.4, 0.5) is 4.79 Å². The quantitative estimate of drug-likeness (QED) is 0.480. The third-order valence-electron chi connectivity index (χ3n) is 7.05. The first-order valence-corrected chi connectivity index (χ1v) is 13.2. The van der Waals surface area contributed by atoms with Crippen molar-refractivity contribution in [2.45, 2.75) is 31.8 Å². The van der Waals surface area contributed by atoms with Gasteiger partial charge in [-0.2, -0.15) is 5.10 Å². The minimum atomic E-state index is -1.27. The van der Waals surface area contributed by atoms with Gasteiger partial charge in [-0.05, 0) is 31.2 Å². The number of benzene rings is 2. The maximum absolute atomic E-state index is 13.9. The number of nitrogens with two attached hydrogens (primary N) is 1. The summed E-state index contributed by atoms with van der Waals surface area (Å²) in [5.74, 6) is -1.46. The van der Waals surface area contributed by atoms with Crippen molar-refractivity contribution in [3.8, 4) is 16.9 Å². The molecule has 2 aliphatic rings. The number of amides is 4. The summed E-state index contributed by atoms with van der Waals surface area (Å²) in [6.07, 6.45) is -0.611. The molecule has 12 heteroatoms. The summed E-state index contributed by atoms with van der Waals surface area (Å²) < 4.78 is 7.00. The van der Waals surface area contributed by atoms with Gasteiger partial charge in [0.1, 0.15) is 0 Å². The highest BCUT2D eigenvalue weighted by atomic mass is 35.5. The molecule has 1 spiro atoms. The number of imide groups is 1. The molecule has 2 N–H and O–H groups in total. The highest BCUT2D eigenvalue weighted by Crippen LogP contribution is 2.37. The molecule has 0 aliphatic carbocycles. The molecule has 3 aromatic rings. The number of likely N-dealkylation sites (tertiary alicyclic amines) is 1. The van der Waals surface area contributed by atoms with Crippen molar-refractivity contribution >= 4 is 47.0 Å². The van der Waals surface area contributed by atoms with E-state index in [1.165, 1.54) is 9.58 Å². The Bertz CT molecular complexity index is 1480. The summed E-state index contributed by atoms with van der Waals surface area (Å²) >= 11 is 12.6. The molecule has 10 nitrogen and oxygen atoms in total. The van der Waals surface area contributed by atoms with Crippen LogP contribution in [-0.4, -0.2) is 68.6 Å². The van der Waals surface area contributed by atoms with Gasteiger partial charge in [-0.3, -0.25) is 14.4 Å². The predicted molar refractivity (Wildman–Crippen MR) is 144 cm³/mol. The van der Waals surface area contributed by atoms with Gasteiger partial charge in [0, 0.05) is 48.6 Å². The summed E-state index contributed by atoms with van der Waals surface area (Å²) in [4.78, 5) is 53.7. The van der Waals surface area contributed by atoms with Gasteiger partial charge >= 0.3 is 6.09 Å². The molecule has 2 aromatic carbocycles. The molecule has 0 atom stereocenters. The molecule has 1 aromatic heterocycles. The van der Waals surface area contributed by atoms with Crippen molar-refractivity contribution < 1.29 is 23.9 Å². The average Bonchev–Trinajstić information content (AvgIpc) is 3.38. The Hall–Kier alpha value is -3.89. The maximum atomic E-state index is 13.9. The number of halogens is 2. The molecule has 2 fully saturated rings. The van der Waals surface area contributed by atoms with Gasteiger partial charge in [0.05, 0.1) is 22.8 Å². The Balaban J connectivity index is 1.56. The topological polar surface area (TPSA) is 128 Å². The van der Waals surface area contributed by atoms with Crippen molar-refractivity contribution in [3.63, 3.8) is 0 Å². The van der Waals surface area contributed by atoms with E-state index in [2.05, 4.69) is 5.10 Å². The van der Waals surface area contributed by atoms with Gasteiger partial charge in [0.2, 0.25) is 5.91 Å². The van der Waals surface area contributed by atoms with Crippen LogP contribution in [0.15, 0.2) is 48.5 Å². The van der Waals surface area contributed by atoms with Gasteiger partial charge in [-0.25, -0.2) is 14.4 Å². The molecule has 202 valence electrons. The van der Waals surface area contributed by atoms with Crippen LogP contribution in [-0.2, 0) is 20.7 Å². The van der Waals surface area contributed by atoms with E-state index < -0.39 is 23.5 Å². The SMILES string of the molecule is CCN1C(=O)OC2(CCN(C(=O)c3nn(-c4ccccc4Cl)c(-c4ccc(Cl)cc4)c3CC(N)=O)CC2)C1=O. The molecule has 0 unspecified atom stereocenters. The van der Waals surface area contributed by atoms with Gasteiger partial charge in [0.25, 0.3) is 11.8 Å². The second-order valence-electron chi connectivity index (χ2n) is 9.39. The van der Waals surface area contributed by atoms with Gasteiger partial charge < -0.3 is 15.4 Å². The maximum Gasteiger partial charge on any atom is 0.417 e. The molecule has 3 heterocycles. The number of likely N-dealkylation sites (N-methyl/N-ethyl adjacent to an activating group) is 1. The molecular weight excluding hydrogens is 545 g/mol. The summed E-state index contributed by atoms with van der Waals surface area (Å²) in [7, 11) is 0. The van der Waals surface area contributed by atoms with Crippen molar-refractivity contribution in [1.82, 2.24) is 19.6 Å². The lowest BCUT2D eigenvalue weighted by atomic mass is 9.90. The number of nitrogens with zero attached hydrogens (tertiary/aromatic N) is 4. The smallest absolute Gasteiger partial charge is 0.417 e. The number of carbonyl (C=O) groups excluding carboxylic acids is 4. The molecule has 2 aliphatic heterocycles. The van der Waals surface area contributed by atoms with Crippen LogP contribution in [0.3, 0.4) is 0 Å². The zero-order valence-corrected chi connectivity index (χ0v) is 22.5. The van der Waals surface area contributed by atoms with Gasteiger partial charge in [-0.1, -0.05) is 47.5 Å². The van der Waals surface area contributed by atoms with Gasteiger partial charge in [-0.15, -0.1) is 0 Å². The predicted octanol–water partition coefficient (Wildman–Crippen LogP) is 3.85. The molecule has 2 saturated heterocycles. The summed E-state index contributed by atoms with van der Waals surface area (Å²) in [5.41, 5.74) is 6.37. The van der Waals surface area contributed by atoms with E-state index in [-0.39, 0.29) is 50.5 Å². The first-order chi connectivity index (χ1) is 18.6. The number of ether oxygens (including phenoxy) is 1. The van der Waals surface area contributed by atoms with E-state index in [1.807, 2.05) is 0 Å². The van der Waals surface area contributed by atoms with Crippen molar-refractivity contribution in [1.29, 1.82) is 0 Å². The van der Waals surface area contributed by atoms with E-state index in [9.17, 15) is 19.2 Å². The van der Waals surface area contributed by atoms with E-state index in [0.29, 0.717) is 32.6 Å². The molecule has 4 amide bonds. The van der Waals surface area contributed by atoms with Crippen molar-refractivity contribution in [3.05, 3.63) is 69.8 Å². The zero-order chi connectivity index (χ0) is 27.9. The average molecular weight is 570 g/mol. The van der Waals surface area contributed by atoms with Crippen LogP contribution < -0.4 is 5.73 Å². The third-order valence-corrected chi connectivity index (χ3v) is 7.62. The van der Waals surface area contributed by atoms with E-state index in [0.717, 1.165) is 4.90 Å². The highest BCUT2D eigenvalue weighted by molar-refractivity contribution is 6.32. The van der Waals surface area contributed by atoms with E-state index in [1.54, 1.807) is 55.5 Å². The van der Waals surface area contributed by atoms with Crippen molar-refractivity contribution in [2.75, 3.05) is 19.6 Å². The summed E-state index contributed by atoms with van der Waals surface area (Å²) in [5, 5.41) is 5.55. The number of para-hydroxylation sites is 1. The van der Waals surface area contributed by atoms with Crippen LogP contribution in [0.1, 0.15) is 35.8 Å². The second-order valence-corrected chi connectivity index (χ2v) is 10.2. The Labute approximate surface area is 234 Å². The molecule has 5 rings (SSSR count). The van der Waals surface area contributed by atoms with Crippen LogP contribution in [0.5, 0.6) is 0 Å². The number of rotatable bonds is 6. The number of aromatic nitrogens is 2. The van der Waals surface area contributed by atoms with E-state index >= 15 is 0 Å². The van der Waals surface area contributed by atoms with Crippen LogP contribution in [0.25, 0.3) is 16.9 Å². The molecular formula is C27H25Cl2N5O5. The first kappa shape index (κ1) is 26.7. The molecule has 0 saturated carbocycles. The molecule has 0 bridgehead atoms. The van der Waals surface area contributed by atoms with Crippen molar-refractivity contribution in [2.24, 2.45) is 5.73 Å². The standard InChI is InChI=1S/C27H25Cl2N5O5/c1-2-33-25(37)27(39-26(33)38)11-13-32(14-12-27)24(36)22-18(15-21(30)35)23(16-7-9-17(28)10-8-16)34(31-22)20-6-4-3-5-19(20)29/h3-10H,2,11-15H2,1H3,(H2,30,35). The second kappa shape index (κ2) is 10.3. The van der Waals surface area contributed by atoms with E-state index in [4.69, 9.17) is 33.7 Å². The zero-order valence-electron chi connectivity index (χ0n) is 21.0. The number of primary amides is 1. The molecule has 0 radical (unpaired) electrons. The Morgan fingerprint density at radius 2 is 1.72 bits per heavy atom. The monoisotopic (exact) mass is 569 g/mol.